The normalized spacial score (nSPS) is 16.0. The van der Waals surface area contributed by atoms with Crippen LogP contribution in [-0.4, -0.2) is 43.1 Å². The van der Waals surface area contributed by atoms with Gasteiger partial charge in [-0.2, -0.15) is 0 Å². The van der Waals surface area contributed by atoms with Crippen LogP contribution in [0.1, 0.15) is 160 Å². The Kier molecular flexibility index (Phi) is 19.9. The summed E-state index contributed by atoms with van der Waals surface area (Å²) in [6.45, 7) is 16.1. The summed E-state index contributed by atoms with van der Waals surface area (Å²) >= 11 is 0. The summed E-state index contributed by atoms with van der Waals surface area (Å²) in [6.07, 6.45) is 17.4. The van der Waals surface area contributed by atoms with Gasteiger partial charge in [0.25, 0.3) is 0 Å². The van der Waals surface area contributed by atoms with Gasteiger partial charge in [-0.15, -0.1) is 0 Å². The van der Waals surface area contributed by atoms with Gasteiger partial charge in [0.1, 0.15) is 23.4 Å². The highest BCUT2D eigenvalue weighted by Crippen LogP contribution is 2.38. The molecule has 1 saturated carbocycles. The smallest absolute Gasteiger partial charge is 0.343 e. The number of benzene rings is 2. The highest BCUT2D eigenvalue weighted by atomic mass is 16.6. The Morgan fingerprint density at radius 3 is 1.98 bits per heavy atom. The molecule has 2 aromatic carbocycles. The zero-order valence-corrected chi connectivity index (χ0v) is 32.7. The number of methoxy groups -OCH3 is 1. The zero-order chi connectivity index (χ0) is 37.7. The second-order valence-electron chi connectivity index (χ2n) is 15.3. The highest BCUT2D eigenvalue weighted by Gasteiger charge is 2.23. The molecule has 0 radical (unpaired) electrons. The number of rotatable bonds is 21. The van der Waals surface area contributed by atoms with Crippen molar-refractivity contribution in [2.45, 2.75) is 155 Å². The van der Waals surface area contributed by atoms with Crippen molar-refractivity contribution in [3.63, 3.8) is 0 Å². The first-order valence-electron chi connectivity index (χ1n) is 19.2. The fourth-order valence-corrected chi connectivity index (χ4v) is 6.32. The van der Waals surface area contributed by atoms with Gasteiger partial charge in [0.2, 0.25) is 0 Å². The fourth-order valence-electron chi connectivity index (χ4n) is 6.32. The molecular weight excluding hydrogens is 640 g/mol. The molecule has 0 aromatic heterocycles. The molecule has 0 N–H and O–H groups in total. The van der Waals surface area contributed by atoms with Gasteiger partial charge in [0.15, 0.2) is 0 Å². The molecule has 0 aliphatic heterocycles. The Labute approximate surface area is 308 Å². The van der Waals surface area contributed by atoms with E-state index in [0.717, 1.165) is 56.5 Å². The van der Waals surface area contributed by atoms with Crippen molar-refractivity contribution < 1.29 is 33.3 Å². The van der Waals surface area contributed by atoms with Gasteiger partial charge < -0.3 is 23.7 Å². The Morgan fingerprint density at radius 2 is 1.39 bits per heavy atom. The van der Waals surface area contributed by atoms with E-state index >= 15 is 0 Å². The molecular formula is C44H66O7. The molecule has 2 aromatic rings. The molecule has 3 rings (SSSR count). The average Bonchev–Trinajstić information content (AvgIpc) is 3.11. The van der Waals surface area contributed by atoms with Crippen molar-refractivity contribution in [2.24, 2.45) is 5.92 Å². The van der Waals surface area contributed by atoms with Crippen LogP contribution < -0.4 is 9.47 Å². The molecule has 0 heterocycles. The third kappa shape index (κ3) is 18.0. The molecule has 1 aliphatic rings. The van der Waals surface area contributed by atoms with Crippen molar-refractivity contribution in [3.8, 4) is 11.5 Å². The third-order valence-corrected chi connectivity index (χ3v) is 9.76. The summed E-state index contributed by atoms with van der Waals surface area (Å²) in [5, 5.41) is 0. The van der Waals surface area contributed by atoms with E-state index in [9.17, 15) is 14.4 Å². The van der Waals surface area contributed by atoms with Crippen LogP contribution >= 0.6 is 0 Å². The van der Waals surface area contributed by atoms with Crippen LogP contribution in [0.2, 0.25) is 0 Å². The molecule has 0 saturated heterocycles. The van der Waals surface area contributed by atoms with Crippen molar-refractivity contribution in [3.05, 3.63) is 71.8 Å². The SMILES string of the molecule is C=C(C)C(=O)OC(C)(C)CCCCC=O.CCCC1CCC(c2ccc(OC(=O)c3ccc(OCCCCCCC(C)(C)OC)cc3)cc2)CC1. The van der Waals surface area contributed by atoms with Gasteiger partial charge in [0.05, 0.1) is 17.8 Å². The van der Waals surface area contributed by atoms with Gasteiger partial charge in [-0.3, -0.25) is 0 Å². The van der Waals surface area contributed by atoms with Crippen molar-refractivity contribution in [2.75, 3.05) is 13.7 Å². The van der Waals surface area contributed by atoms with Gasteiger partial charge in [-0.25, -0.2) is 9.59 Å². The van der Waals surface area contributed by atoms with Crippen LogP contribution in [0.5, 0.6) is 11.5 Å². The number of hydrogen-bond acceptors (Lipinski definition) is 7. The molecule has 51 heavy (non-hydrogen) atoms. The Morgan fingerprint density at radius 1 is 0.804 bits per heavy atom. The quantitative estimate of drug-likeness (QED) is 0.0420. The van der Waals surface area contributed by atoms with E-state index in [-0.39, 0.29) is 17.5 Å². The zero-order valence-electron chi connectivity index (χ0n) is 32.7. The first kappa shape index (κ1) is 43.7. The molecule has 7 heteroatoms. The van der Waals surface area contributed by atoms with Crippen LogP contribution in [0.3, 0.4) is 0 Å². The van der Waals surface area contributed by atoms with E-state index in [4.69, 9.17) is 18.9 Å². The summed E-state index contributed by atoms with van der Waals surface area (Å²) in [5.41, 5.74) is 1.80. The molecule has 0 atom stereocenters. The largest absolute Gasteiger partial charge is 0.494 e. The van der Waals surface area contributed by atoms with Gasteiger partial charge in [0, 0.05) is 19.1 Å². The summed E-state index contributed by atoms with van der Waals surface area (Å²) in [6, 6.07) is 15.3. The topological polar surface area (TPSA) is 88.1 Å². The number of carbonyl (C=O) groups is 3. The monoisotopic (exact) mass is 706 g/mol. The van der Waals surface area contributed by atoms with Crippen molar-refractivity contribution in [1.29, 1.82) is 0 Å². The van der Waals surface area contributed by atoms with Crippen LogP contribution in [0.15, 0.2) is 60.7 Å². The molecule has 0 amide bonds. The lowest BCUT2D eigenvalue weighted by atomic mass is 9.77. The van der Waals surface area contributed by atoms with E-state index in [1.807, 2.05) is 38.1 Å². The van der Waals surface area contributed by atoms with Gasteiger partial charge in [-0.1, -0.05) is 57.7 Å². The van der Waals surface area contributed by atoms with Gasteiger partial charge in [-0.05, 0) is 146 Å². The van der Waals surface area contributed by atoms with E-state index in [0.29, 0.717) is 35.8 Å². The lowest BCUT2D eigenvalue weighted by molar-refractivity contribution is -0.152. The molecule has 0 spiro atoms. The van der Waals surface area contributed by atoms with E-state index in [2.05, 4.69) is 39.5 Å². The molecule has 1 fully saturated rings. The first-order chi connectivity index (χ1) is 24.3. The van der Waals surface area contributed by atoms with Crippen molar-refractivity contribution >= 4 is 18.2 Å². The highest BCUT2D eigenvalue weighted by molar-refractivity contribution is 5.91. The number of aldehydes is 1. The van der Waals surface area contributed by atoms with Crippen LogP contribution in [-0.2, 0) is 19.1 Å². The van der Waals surface area contributed by atoms with E-state index in [1.165, 1.54) is 56.9 Å². The van der Waals surface area contributed by atoms with Crippen LogP contribution in [0.4, 0.5) is 0 Å². The Bertz CT molecular complexity index is 1300. The number of carbonyl (C=O) groups excluding carboxylic acids is 3. The number of hydrogen-bond donors (Lipinski definition) is 0. The summed E-state index contributed by atoms with van der Waals surface area (Å²) < 4.78 is 22.2. The maximum Gasteiger partial charge on any atom is 0.343 e. The molecule has 284 valence electrons. The second-order valence-corrected chi connectivity index (χ2v) is 15.3. The van der Waals surface area contributed by atoms with E-state index in [1.54, 1.807) is 26.2 Å². The van der Waals surface area contributed by atoms with Gasteiger partial charge >= 0.3 is 11.9 Å². The first-order valence-corrected chi connectivity index (χ1v) is 19.2. The minimum absolute atomic E-state index is 0.0317. The molecule has 0 unspecified atom stereocenters. The third-order valence-electron chi connectivity index (χ3n) is 9.76. The fraction of sp³-hybridized carbons (Fsp3) is 0.614. The predicted molar refractivity (Wildman–Crippen MR) is 207 cm³/mol. The van der Waals surface area contributed by atoms with Crippen molar-refractivity contribution in [1.82, 2.24) is 0 Å². The molecule has 0 bridgehead atoms. The number of esters is 2. The maximum absolute atomic E-state index is 12.6. The Balaban J connectivity index is 0.000000507. The van der Waals surface area contributed by atoms with Crippen LogP contribution in [0.25, 0.3) is 0 Å². The minimum Gasteiger partial charge on any atom is -0.494 e. The summed E-state index contributed by atoms with van der Waals surface area (Å²) in [4.78, 5) is 34.0. The maximum atomic E-state index is 12.6. The number of unbranched alkanes of at least 4 members (excludes halogenated alkanes) is 5. The summed E-state index contributed by atoms with van der Waals surface area (Å²) in [5.74, 6) is 2.23. The standard InChI is InChI=1S/C32H46O4.C12H20O3/c1-5-10-25-11-13-26(14-12-25)27-15-21-30(22-16-27)36-31(33)28-17-19-29(20-18-28)35-24-9-7-6-8-23-32(2,3)34-4;1-10(2)11(14)15-12(3,4)8-6-5-7-9-13/h15-22,25-26H,5-14,23-24H2,1-4H3;9H,1,5-8H2,2-4H3. The number of ether oxygens (including phenoxy) is 4. The predicted octanol–water partition coefficient (Wildman–Crippen LogP) is 11.4. The van der Waals surface area contributed by atoms with E-state index < -0.39 is 5.60 Å². The minimum atomic E-state index is -0.473. The lowest BCUT2D eigenvalue weighted by Crippen LogP contribution is -2.28. The average molecular weight is 707 g/mol. The second kappa shape index (κ2) is 23.2. The molecule has 7 nitrogen and oxygen atoms in total. The lowest BCUT2D eigenvalue weighted by Gasteiger charge is -2.28. The summed E-state index contributed by atoms with van der Waals surface area (Å²) in [7, 11) is 1.77. The Hall–Kier alpha value is -3.45. The van der Waals surface area contributed by atoms with Crippen LogP contribution in [0, 0.1) is 5.92 Å². The molecule has 1 aliphatic carbocycles.